The number of carbonyl (C=O) groups excluding carboxylic acids is 1. The molecule has 0 saturated heterocycles. The lowest BCUT2D eigenvalue weighted by atomic mass is 10.3. The molecule has 3 N–H and O–H groups in total. The second-order valence-electron chi connectivity index (χ2n) is 3.76. The van der Waals surface area contributed by atoms with Crippen molar-refractivity contribution in [2.75, 3.05) is 12.8 Å². The Labute approximate surface area is 106 Å². The second-order valence-corrected chi connectivity index (χ2v) is 5.41. The van der Waals surface area contributed by atoms with Crippen LogP contribution < -0.4 is 11.1 Å². The van der Waals surface area contributed by atoms with Gasteiger partial charge in [-0.2, -0.15) is 0 Å². The van der Waals surface area contributed by atoms with Crippen LogP contribution in [-0.4, -0.2) is 27.4 Å². The van der Waals surface area contributed by atoms with Gasteiger partial charge in [0.1, 0.15) is 21.6 Å². The first-order chi connectivity index (χ1) is 8.52. The maximum Gasteiger partial charge on any atom is 0.288 e. The summed E-state index contributed by atoms with van der Waals surface area (Å²) in [6.45, 7) is 1.55. The molecule has 96 valence electrons. The van der Waals surface area contributed by atoms with Crippen LogP contribution in [0.15, 0.2) is 27.8 Å². The summed E-state index contributed by atoms with van der Waals surface area (Å²) >= 11 is 0. The first-order valence-electron chi connectivity index (χ1n) is 5.31. The number of oxazole rings is 1. The average molecular weight is 267 g/mol. The van der Waals surface area contributed by atoms with Crippen molar-refractivity contribution >= 4 is 33.5 Å². The van der Waals surface area contributed by atoms with Crippen LogP contribution in [0.1, 0.15) is 6.92 Å². The van der Waals surface area contributed by atoms with E-state index in [0.29, 0.717) is 16.8 Å². The minimum absolute atomic E-state index is 0.0340. The number of hydrogen-bond acceptors (Lipinski definition) is 5. The fraction of sp³-hybridized carbons (Fsp3) is 0.273. The van der Waals surface area contributed by atoms with Crippen LogP contribution in [-0.2, 0) is 15.6 Å². The Bertz CT molecular complexity index is 623. The number of carbonyl (C=O) groups is 1. The fourth-order valence-corrected chi connectivity index (χ4v) is 2.44. The number of benzene rings is 1. The van der Waals surface area contributed by atoms with Crippen molar-refractivity contribution in [3.8, 4) is 0 Å². The van der Waals surface area contributed by atoms with E-state index in [1.165, 1.54) is 7.05 Å². The number of hydrogen-bond donors (Lipinski definition) is 2. The number of nitrogen functional groups attached to an aromatic ring is 1. The van der Waals surface area contributed by atoms with E-state index < -0.39 is 16.0 Å². The van der Waals surface area contributed by atoms with E-state index in [9.17, 15) is 9.00 Å². The zero-order valence-corrected chi connectivity index (χ0v) is 10.8. The number of amides is 1. The van der Waals surface area contributed by atoms with Gasteiger partial charge in [-0.15, -0.1) is 0 Å². The van der Waals surface area contributed by atoms with Gasteiger partial charge in [-0.25, -0.2) is 9.19 Å². The molecule has 2 unspecified atom stereocenters. The third kappa shape index (κ3) is 2.21. The molecule has 0 radical (unpaired) electrons. The summed E-state index contributed by atoms with van der Waals surface area (Å²) in [6, 6.07) is 4.95. The molecule has 1 aromatic heterocycles. The van der Waals surface area contributed by atoms with Crippen molar-refractivity contribution in [2.24, 2.45) is 0 Å². The summed E-state index contributed by atoms with van der Waals surface area (Å²) in [4.78, 5) is 15.5. The zero-order valence-electron chi connectivity index (χ0n) is 9.97. The molecule has 1 aromatic carbocycles. The summed E-state index contributed by atoms with van der Waals surface area (Å²) in [5, 5.41) is 1.75. The molecule has 18 heavy (non-hydrogen) atoms. The Morgan fingerprint density at radius 1 is 1.56 bits per heavy atom. The van der Waals surface area contributed by atoms with Gasteiger partial charge in [0.2, 0.25) is 5.91 Å². The number of anilines is 1. The molecule has 2 rings (SSSR count). The number of nitrogens with one attached hydrogen (secondary N) is 1. The standard InChI is InChI=1S/C11H13N3O3S/c1-6(10(15)13-2)18(16)11-14-8-5-7(12)3-4-9(8)17-11/h3-6H,12H2,1-2H3,(H,13,15). The van der Waals surface area contributed by atoms with Crippen molar-refractivity contribution in [1.29, 1.82) is 0 Å². The molecular weight excluding hydrogens is 254 g/mol. The molecule has 7 heteroatoms. The van der Waals surface area contributed by atoms with Gasteiger partial charge in [0.25, 0.3) is 5.22 Å². The maximum absolute atomic E-state index is 12.1. The van der Waals surface area contributed by atoms with Crippen molar-refractivity contribution in [3.05, 3.63) is 18.2 Å². The Morgan fingerprint density at radius 2 is 2.28 bits per heavy atom. The van der Waals surface area contributed by atoms with E-state index >= 15 is 0 Å². The molecule has 0 aliphatic carbocycles. The Morgan fingerprint density at radius 3 is 2.94 bits per heavy atom. The SMILES string of the molecule is CNC(=O)C(C)S(=O)c1nc2cc(N)ccc2o1. The molecular formula is C11H13N3O3S. The predicted octanol–water partition coefficient (Wildman–Crippen LogP) is 0.652. The highest BCUT2D eigenvalue weighted by molar-refractivity contribution is 7.86. The lowest BCUT2D eigenvalue weighted by molar-refractivity contribution is -0.119. The third-order valence-corrected chi connectivity index (χ3v) is 3.88. The van der Waals surface area contributed by atoms with Gasteiger partial charge >= 0.3 is 0 Å². The Hall–Kier alpha value is -1.89. The molecule has 2 atom stereocenters. The highest BCUT2D eigenvalue weighted by Crippen LogP contribution is 2.21. The number of aromatic nitrogens is 1. The molecule has 0 saturated carbocycles. The van der Waals surface area contributed by atoms with Gasteiger partial charge in [-0.1, -0.05) is 0 Å². The van der Waals surface area contributed by atoms with Crippen LogP contribution in [0.3, 0.4) is 0 Å². The molecule has 1 heterocycles. The number of nitrogens with zero attached hydrogens (tertiary/aromatic N) is 1. The fourth-order valence-electron chi connectivity index (χ4n) is 1.46. The molecule has 0 spiro atoms. The second kappa shape index (κ2) is 4.77. The van der Waals surface area contributed by atoms with E-state index in [0.717, 1.165) is 0 Å². The lowest BCUT2D eigenvalue weighted by Gasteiger charge is -2.05. The molecule has 0 aliphatic rings. The smallest absolute Gasteiger partial charge is 0.288 e. The Balaban J connectivity index is 2.36. The molecule has 1 amide bonds. The lowest BCUT2D eigenvalue weighted by Crippen LogP contribution is -2.32. The van der Waals surface area contributed by atoms with Gasteiger partial charge < -0.3 is 15.5 Å². The van der Waals surface area contributed by atoms with Gasteiger partial charge in [0.15, 0.2) is 5.58 Å². The minimum atomic E-state index is -1.63. The summed E-state index contributed by atoms with van der Waals surface area (Å²) in [5.41, 5.74) is 7.19. The number of fused-ring (bicyclic) bond motifs is 1. The van der Waals surface area contributed by atoms with Crippen LogP contribution in [0.4, 0.5) is 5.69 Å². The normalized spacial score (nSPS) is 14.3. The van der Waals surface area contributed by atoms with E-state index in [1.54, 1.807) is 25.1 Å². The summed E-state index contributed by atoms with van der Waals surface area (Å²) in [7, 11) is -0.139. The van der Waals surface area contributed by atoms with Gasteiger partial charge in [-0.05, 0) is 25.1 Å². The zero-order chi connectivity index (χ0) is 13.3. The van der Waals surface area contributed by atoms with Crippen molar-refractivity contribution in [3.63, 3.8) is 0 Å². The highest BCUT2D eigenvalue weighted by atomic mass is 32.2. The molecule has 2 aromatic rings. The minimum Gasteiger partial charge on any atom is -0.430 e. The van der Waals surface area contributed by atoms with Crippen LogP contribution >= 0.6 is 0 Å². The Kier molecular flexibility index (Phi) is 3.33. The summed E-state index contributed by atoms with van der Waals surface area (Å²) < 4.78 is 17.4. The predicted molar refractivity (Wildman–Crippen MR) is 68.4 cm³/mol. The van der Waals surface area contributed by atoms with Gasteiger partial charge in [0, 0.05) is 12.7 Å². The quantitative estimate of drug-likeness (QED) is 0.796. The first-order valence-corrected chi connectivity index (χ1v) is 6.52. The maximum atomic E-state index is 12.1. The van der Waals surface area contributed by atoms with Gasteiger partial charge in [-0.3, -0.25) is 4.79 Å². The van der Waals surface area contributed by atoms with E-state index in [-0.39, 0.29) is 11.1 Å². The summed E-state index contributed by atoms with van der Waals surface area (Å²) in [6.07, 6.45) is 0. The van der Waals surface area contributed by atoms with Crippen molar-refractivity contribution in [2.45, 2.75) is 17.4 Å². The third-order valence-electron chi connectivity index (χ3n) is 2.50. The molecule has 0 aliphatic heterocycles. The van der Waals surface area contributed by atoms with E-state index in [2.05, 4.69) is 10.3 Å². The molecule has 6 nitrogen and oxygen atoms in total. The van der Waals surface area contributed by atoms with Crippen molar-refractivity contribution in [1.82, 2.24) is 10.3 Å². The monoisotopic (exact) mass is 267 g/mol. The van der Waals surface area contributed by atoms with E-state index in [4.69, 9.17) is 10.2 Å². The van der Waals surface area contributed by atoms with Crippen LogP contribution in [0, 0.1) is 0 Å². The van der Waals surface area contributed by atoms with Crippen LogP contribution in [0.2, 0.25) is 0 Å². The average Bonchev–Trinajstić information content (AvgIpc) is 2.78. The number of rotatable bonds is 3. The highest BCUT2D eigenvalue weighted by Gasteiger charge is 2.24. The molecule has 0 fully saturated rings. The topological polar surface area (TPSA) is 98.2 Å². The van der Waals surface area contributed by atoms with E-state index in [1.807, 2.05) is 0 Å². The first kappa shape index (κ1) is 12.6. The van der Waals surface area contributed by atoms with Gasteiger partial charge in [0.05, 0.1) is 0 Å². The molecule has 0 bridgehead atoms. The summed E-state index contributed by atoms with van der Waals surface area (Å²) in [5.74, 6) is -0.324. The largest absolute Gasteiger partial charge is 0.430 e. The van der Waals surface area contributed by atoms with Crippen molar-refractivity contribution < 1.29 is 13.4 Å². The number of nitrogens with two attached hydrogens (primary N) is 1. The van der Waals surface area contributed by atoms with Crippen LogP contribution in [0.5, 0.6) is 0 Å². The van der Waals surface area contributed by atoms with Crippen LogP contribution in [0.25, 0.3) is 11.1 Å².